The molecule has 3 nitrogen and oxygen atoms in total. The summed E-state index contributed by atoms with van der Waals surface area (Å²) < 4.78 is 0. The van der Waals surface area contributed by atoms with E-state index in [1.54, 1.807) is 0 Å². The number of nitrogens with zero attached hydrogens (tertiary/aromatic N) is 1. The van der Waals surface area contributed by atoms with Gasteiger partial charge in [-0.05, 0) is 44.7 Å². The van der Waals surface area contributed by atoms with Crippen LogP contribution < -0.4 is 5.32 Å². The molecule has 1 N–H and O–H groups in total. The Kier molecular flexibility index (Phi) is 4.06. The van der Waals surface area contributed by atoms with E-state index in [0.29, 0.717) is 24.4 Å². The van der Waals surface area contributed by atoms with Gasteiger partial charge in [0, 0.05) is 19.0 Å². The number of benzene rings is 1. The summed E-state index contributed by atoms with van der Waals surface area (Å²) in [7, 11) is 0. The first kappa shape index (κ1) is 13.6. The third-order valence-corrected chi connectivity index (χ3v) is 4.58. The van der Waals surface area contributed by atoms with Crippen molar-refractivity contribution < 1.29 is 4.79 Å². The molecule has 0 aliphatic carbocycles. The number of hydrogen-bond donors (Lipinski definition) is 1. The summed E-state index contributed by atoms with van der Waals surface area (Å²) in [5.74, 6) is 0.327. The van der Waals surface area contributed by atoms with E-state index < -0.39 is 0 Å². The van der Waals surface area contributed by atoms with Crippen LogP contribution >= 0.6 is 0 Å². The Bertz CT molecular complexity index is 480. The largest absolute Gasteiger partial charge is 0.336 e. The molecule has 2 atom stereocenters. The van der Waals surface area contributed by atoms with Crippen LogP contribution in [-0.4, -0.2) is 29.9 Å². The van der Waals surface area contributed by atoms with Crippen LogP contribution in [-0.2, 0) is 4.79 Å². The molecule has 0 bridgehead atoms. The van der Waals surface area contributed by atoms with E-state index >= 15 is 0 Å². The second-order valence-electron chi connectivity index (χ2n) is 6.16. The molecular weight excluding hydrogens is 248 g/mol. The molecule has 2 aliphatic heterocycles. The average molecular weight is 272 g/mol. The van der Waals surface area contributed by atoms with Crippen LogP contribution in [0.15, 0.2) is 24.3 Å². The zero-order valence-corrected chi connectivity index (χ0v) is 12.3. The maximum absolute atomic E-state index is 12.6. The SMILES string of the molecule is Cc1cccc(C2CCCN2C(=O)CC2CCCN2)c1. The lowest BCUT2D eigenvalue weighted by Crippen LogP contribution is -2.35. The molecule has 1 aromatic carbocycles. The highest BCUT2D eigenvalue weighted by Crippen LogP contribution is 2.33. The summed E-state index contributed by atoms with van der Waals surface area (Å²) in [4.78, 5) is 14.7. The van der Waals surface area contributed by atoms with Gasteiger partial charge in [-0.3, -0.25) is 4.79 Å². The van der Waals surface area contributed by atoms with Crippen LogP contribution in [0.4, 0.5) is 0 Å². The molecule has 2 heterocycles. The van der Waals surface area contributed by atoms with Crippen molar-refractivity contribution in [3.8, 4) is 0 Å². The molecule has 108 valence electrons. The van der Waals surface area contributed by atoms with Crippen LogP contribution in [0.2, 0.25) is 0 Å². The summed E-state index contributed by atoms with van der Waals surface area (Å²) in [5.41, 5.74) is 2.58. The fourth-order valence-electron chi connectivity index (χ4n) is 3.55. The summed E-state index contributed by atoms with van der Waals surface area (Å²) in [6.45, 7) is 4.11. The predicted octanol–water partition coefficient (Wildman–Crippen LogP) is 2.80. The normalized spacial score (nSPS) is 26.1. The number of amides is 1. The quantitative estimate of drug-likeness (QED) is 0.917. The van der Waals surface area contributed by atoms with E-state index in [4.69, 9.17) is 0 Å². The molecule has 2 saturated heterocycles. The topological polar surface area (TPSA) is 32.3 Å². The third kappa shape index (κ3) is 2.88. The molecule has 0 aromatic heterocycles. The van der Waals surface area contributed by atoms with Crippen LogP contribution in [0, 0.1) is 6.92 Å². The van der Waals surface area contributed by atoms with Crippen molar-refractivity contribution in [1.29, 1.82) is 0 Å². The molecule has 0 spiro atoms. The zero-order chi connectivity index (χ0) is 13.9. The van der Waals surface area contributed by atoms with Gasteiger partial charge in [0.1, 0.15) is 0 Å². The van der Waals surface area contributed by atoms with Gasteiger partial charge in [0.05, 0.1) is 6.04 Å². The highest BCUT2D eigenvalue weighted by Gasteiger charge is 2.31. The Labute approximate surface area is 121 Å². The molecule has 0 saturated carbocycles. The van der Waals surface area contributed by atoms with E-state index in [-0.39, 0.29) is 0 Å². The molecule has 3 rings (SSSR count). The van der Waals surface area contributed by atoms with E-state index in [1.807, 2.05) is 0 Å². The second-order valence-corrected chi connectivity index (χ2v) is 6.16. The van der Waals surface area contributed by atoms with Gasteiger partial charge in [-0.2, -0.15) is 0 Å². The zero-order valence-electron chi connectivity index (χ0n) is 12.3. The van der Waals surface area contributed by atoms with Gasteiger partial charge in [-0.15, -0.1) is 0 Å². The van der Waals surface area contributed by atoms with Crippen LogP contribution in [0.25, 0.3) is 0 Å². The second kappa shape index (κ2) is 5.96. The summed E-state index contributed by atoms with van der Waals surface area (Å²) >= 11 is 0. The number of rotatable bonds is 3. The Morgan fingerprint density at radius 2 is 2.25 bits per heavy atom. The Morgan fingerprint density at radius 3 is 3.00 bits per heavy atom. The Hall–Kier alpha value is -1.35. The highest BCUT2D eigenvalue weighted by atomic mass is 16.2. The number of aryl methyl sites for hydroxylation is 1. The summed E-state index contributed by atoms with van der Waals surface area (Å²) in [6, 6.07) is 9.31. The summed E-state index contributed by atoms with van der Waals surface area (Å²) in [6.07, 6.45) is 5.26. The lowest BCUT2D eigenvalue weighted by Gasteiger charge is -2.26. The molecule has 1 aromatic rings. The number of carbonyl (C=O) groups is 1. The molecular formula is C17H24N2O. The van der Waals surface area contributed by atoms with Crippen LogP contribution in [0.5, 0.6) is 0 Å². The van der Waals surface area contributed by atoms with Crippen molar-refractivity contribution in [2.45, 2.75) is 51.1 Å². The molecule has 3 heteroatoms. The van der Waals surface area contributed by atoms with Gasteiger partial charge in [-0.25, -0.2) is 0 Å². The number of likely N-dealkylation sites (tertiary alicyclic amines) is 1. The van der Waals surface area contributed by atoms with Crippen molar-refractivity contribution in [2.75, 3.05) is 13.1 Å². The molecule has 2 unspecified atom stereocenters. The minimum absolute atomic E-state index is 0.295. The molecule has 20 heavy (non-hydrogen) atoms. The Morgan fingerprint density at radius 1 is 1.35 bits per heavy atom. The molecule has 2 fully saturated rings. The van der Waals surface area contributed by atoms with Gasteiger partial charge >= 0.3 is 0 Å². The lowest BCUT2D eigenvalue weighted by atomic mass is 10.0. The monoisotopic (exact) mass is 272 g/mol. The third-order valence-electron chi connectivity index (χ3n) is 4.58. The fourth-order valence-corrected chi connectivity index (χ4v) is 3.55. The van der Waals surface area contributed by atoms with E-state index in [9.17, 15) is 4.79 Å². The first-order chi connectivity index (χ1) is 9.74. The van der Waals surface area contributed by atoms with Gasteiger partial charge in [0.2, 0.25) is 5.91 Å². The van der Waals surface area contributed by atoms with Crippen molar-refractivity contribution in [2.24, 2.45) is 0 Å². The van der Waals surface area contributed by atoms with Crippen molar-refractivity contribution in [3.63, 3.8) is 0 Å². The molecule has 1 amide bonds. The number of nitrogens with one attached hydrogen (secondary N) is 1. The first-order valence-corrected chi connectivity index (χ1v) is 7.83. The standard InChI is InChI=1S/C17H24N2O/c1-13-5-2-6-14(11-13)16-8-4-10-19(16)17(20)12-15-7-3-9-18-15/h2,5-6,11,15-16,18H,3-4,7-10,12H2,1H3. The van der Waals surface area contributed by atoms with Crippen LogP contribution in [0.1, 0.15) is 49.3 Å². The van der Waals surface area contributed by atoms with Crippen molar-refractivity contribution >= 4 is 5.91 Å². The van der Waals surface area contributed by atoms with Gasteiger partial charge in [-0.1, -0.05) is 29.8 Å². The number of hydrogen-bond acceptors (Lipinski definition) is 2. The van der Waals surface area contributed by atoms with Crippen LogP contribution in [0.3, 0.4) is 0 Å². The van der Waals surface area contributed by atoms with Crippen molar-refractivity contribution in [3.05, 3.63) is 35.4 Å². The van der Waals surface area contributed by atoms with Gasteiger partial charge in [0.25, 0.3) is 0 Å². The van der Waals surface area contributed by atoms with Gasteiger partial charge < -0.3 is 10.2 Å². The summed E-state index contributed by atoms with van der Waals surface area (Å²) in [5, 5.41) is 3.43. The molecule has 0 radical (unpaired) electrons. The van der Waals surface area contributed by atoms with Crippen molar-refractivity contribution in [1.82, 2.24) is 10.2 Å². The fraction of sp³-hybridized carbons (Fsp3) is 0.588. The Balaban J connectivity index is 1.70. The average Bonchev–Trinajstić information content (AvgIpc) is 3.09. The minimum Gasteiger partial charge on any atom is -0.336 e. The van der Waals surface area contributed by atoms with Gasteiger partial charge in [0.15, 0.2) is 0 Å². The predicted molar refractivity (Wildman–Crippen MR) is 80.5 cm³/mol. The number of carbonyl (C=O) groups excluding carboxylic acids is 1. The lowest BCUT2D eigenvalue weighted by molar-refractivity contribution is -0.132. The van der Waals surface area contributed by atoms with E-state index in [2.05, 4.69) is 41.4 Å². The highest BCUT2D eigenvalue weighted by molar-refractivity contribution is 5.77. The first-order valence-electron chi connectivity index (χ1n) is 7.83. The van der Waals surface area contributed by atoms with E-state index in [0.717, 1.165) is 32.4 Å². The smallest absolute Gasteiger partial charge is 0.224 e. The maximum Gasteiger partial charge on any atom is 0.224 e. The maximum atomic E-state index is 12.6. The minimum atomic E-state index is 0.295. The molecule has 2 aliphatic rings. The van der Waals surface area contributed by atoms with E-state index in [1.165, 1.54) is 17.5 Å².